The lowest BCUT2D eigenvalue weighted by Crippen LogP contribution is -2.27. The molecule has 0 aliphatic carbocycles. The second-order valence-electron chi connectivity index (χ2n) is 8.70. The van der Waals surface area contributed by atoms with Crippen molar-refractivity contribution < 1.29 is 9.53 Å². The molecule has 180 valence electrons. The van der Waals surface area contributed by atoms with Crippen LogP contribution in [0, 0.1) is 13.8 Å². The molecule has 0 unspecified atom stereocenters. The van der Waals surface area contributed by atoms with Gasteiger partial charge in [0.2, 0.25) is 5.88 Å². The lowest BCUT2D eigenvalue weighted by atomic mass is 10.0. The fourth-order valence-electron chi connectivity index (χ4n) is 4.13. The Hall–Kier alpha value is -4.23. The molecule has 0 fully saturated rings. The van der Waals surface area contributed by atoms with Gasteiger partial charge in [0.15, 0.2) is 0 Å². The molecular weight excluding hydrogens is 468 g/mol. The standard InChI is InChI=1S/C29H26N4O2S/c1-20-8-12-25(13-9-20)27-21(2)17-33(18-23-6-4-3-5-7-23)28(27)35-29(34)30-16-22-10-14-24(15-11-22)26-19-36-32-31-26/h3-15,17,19H,16,18H2,1-2H3,(H,30,34). The molecule has 0 spiro atoms. The molecule has 1 N–H and O–H groups in total. The van der Waals surface area contributed by atoms with Gasteiger partial charge < -0.3 is 14.6 Å². The number of nitrogens with zero attached hydrogens (tertiary/aromatic N) is 3. The summed E-state index contributed by atoms with van der Waals surface area (Å²) in [4.78, 5) is 12.9. The van der Waals surface area contributed by atoms with Crippen LogP contribution in [0.4, 0.5) is 4.79 Å². The minimum absolute atomic E-state index is 0.354. The Kier molecular flexibility index (Phi) is 6.91. The van der Waals surface area contributed by atoms with Gasteiger partial charge in [-0.3, -0.25) is 0 Å². The van der Waals surface area contributed by atoms with Crippen LogP contribution in [0.5, 0.6) is 5.88 Å². The van der Waals surface area contributed by atoms with Gasteiger partial charge in [0.1, 0.15) is 5.69 Å². The molecule has 7 heteroatoms. The number of aromatic nitrogens is 3. The normalized spacial score (nSPS) is 10.8. The van der Waals surface area contributed by atoms with E-state index in [0.717, 1.165) is 39.1 Å². The van der Waals surface area contributed by atoms with E-state index in [-0.39, 0.29) is 0 Å². The van der Waals surface area contributed by atoms with E-state index in [9.17, 15) is 4.79 Å². The van der Waals surface area contributed by atoms with Gasteiger partial charge in [0, 0.05) is 29.2 Å². The van der Waals surface area contributed by atoms with E-state index in [4.69, 9.17) is 4.74 Å². The fraction of sp³-hybridized carbons (Fsp3) is 0.138. The summed E-state index contributed by atoms with van der Waals surface area (Å²) in [5.74, 6) is 0.532. The van der Waals surface area contributed by atoms with E-state index in [1.54, 1.807) is 0 Å². The largest absolute Gasteiger partial charge is 0.414 e. The molecule has 36 heavy (non-hydrogen) atoms. The van der Waals surface area contributed by atoms with Crippen LogP contribution in [0.25, 0.3) is 22.4 Å². The first-order valence-electron chi connectivity index (χ1n) is 11.7. The van der Waals surface area contributed by atoms with Crippen molar-refractivity contribution in [3.63, 3.8) is 0 Å². The molecule has 2 aromatic heterocycles. The Balaban J connectivity index is 1.35. The van der Waals surface area contributed by atoms with Crippen molar-refractivity contribution in [2.75, 3.05) is 0 Å². The van der Waals surface area contributed by atoms with E-state index in [2.05, 4.69) is 58.2 Å². The summed E-state index contributed by atoms with van der Waals surface area (Å²) >= 11 is 1.32. The molecule has 6 nitrogen and oxygen atoms in total. The maximum absolute atomic E-state index is 12.9. The van der Waals surface area contributed by atoms with Gasteiger partial charge in [0.25, 0.3) is 0 Å². The van der Waals surface area contributed by atoms with Gasteiger partial charge in [-0.1, -0.05) is 88.9 Å². The number of carbonyl (C=O) groups is 1. The first-order chi connectivity index (χ1) is 17.6. The molecule has 0 aliphatic heterocycles. The van der Waals surface area contributed by atoms with Crippen LogP contribution in [0.15, 0.2) is 90.4 Å². The number of hydrogen-bond acceptors (Lipinski definition) is 5. The van der Waals surface area contributed by atoms with Crippen LogP contribution in [0.2, 0.25) is 0 Å². The van der Waals surface area contributed by atoms with E-state index in [1.165, 1.54) is 17.1 Å². The topological polar surface area (TPSA) is 69.0 Å². The summed E-state index contributed by atoms with van der Waals surface area (Å²) in [7, 11) is 0. The average molecular weight is 495 g/mol. The fourth-order valence-corrected chi connectivity index (χ4v) is 4.59. The lowest BCUT2D eigenvalue weighted by molar-refractivity contribution is 0.196. The first kappa shape index (κ1) is 23.5. The van der Waals surface area contributed by atoms with Gasteiger partial charge >= 0.3 is 6.09 Å². The molecule has 0 radical (unpaired) electrons. The minimum atomic E-state index is -0.497. The van der Waals surface area contributed by atoms with Gasteiger partial charge in [-0.15, -0.1) is 5.10 Å². The third-order valence-electron chi connectivity index (χ3n) is 5.99. The summed E-state index contributed by atoms with van der Waals surface area (Å²) in [5.41, 5.74) is 8.09. The van der Waals surface area contributed by atoms with Crippen molar-refractivity contribution in [1.82, 2.24) is 19.5 Å². The highest BCUT2D eigenvalue weighted by atomic mass is 32.1. The number of aryl methyl sites for hydroxylation is 2. The zero-order valence-electron chi connectivity index (χ0n) is 20.1. The van der Waals surface area contributed by atoms with Gasteiger partial charge in [-0.25, -0.2) is 4.79 Å². The molecule has 1 amide bonds. The highest BCUT2D eigenvalue weighted by Crippen LogP contribution is 2.36. The van der Waals surface area contributed by atoms with Crippen LogP contribution in [-0.4, -0.2) is 20.2 Å². The number of nitrogens with one attached hydrogen (secondary N) is 1. The second kappa shape index (κ2) is 10.6. The third kappa shape index (κ3) is 5.37. The Morgan fingerprint density at radius 2 is 1.64 bits per heavy atom. The average Bonchev–Trinajstić information content (AvgIpc) is 3.53. The first-order valence-corrected chi connectivity index (χ1v) is 12.5. The summed E-state index contributed by atoms with van der Waals surface area (Å²) in [6.07, 6.45) is 1.54. The molecule has 5 rings (SSSR count). The summed E-state index contributed by atoms with van der Waals surface area (Å²) in [5, 5.41) is 8.89. The quantitative estimate of drug-likeness (QED) is 0.276. The molecule has 0 aliphatic rings. The molecule has 0 atom stereocenters. The minimum Gasteiger partial charge on any atom is -0.392 e. The van der Waals surface area contributed by atoms with E-state index >= 15 is 0 Å². The maximum Gasteiger partial charge on any atom is 0.414 e. The zero-order chi connectivity index (χ0) is 24.9. The molecule has 0 saturated carbocycles. The zero-order valence-corrected chi connectivity index (χ0v) is 21.0. The van der Waals surface area contributed by atoms with E-state index < -0.39 is 6.09 Å². The summed E-state index contributed by atoms with van der Waals surface area (Å²) in [6, 6.07) is 26.3. The molecule has 5 aromatic rings. The Morgan fingerprint density at radius 3 is 2.33 bits per heavy atom. The Labute approximate surface area is 214 Å². The molecule has 3 aromatic carbocycles. The van der Waals surface area contributed by atoms with E-state index in [1.807, 2.05) is 65.5 Å². The third-order valence-corrected chi connectivity index (χ3v) is 6.50. The number of rotatable bonds is 7. The smallest absolute Gasteiger partial charge is 0.392 e. The van der Waals surface area contributed by atoms with Gasteiger partial charge in [-0.2, -0.15) is 0 Å². The van der Waals surface area contributed by atoms with Crippen molar-refractivity contribution in [3.05, 3.63) is 113 Å². The van der Waals surface area contributed by atoms with Crippen LogP contribution in [0.3, 0.4) is 0 Å². The van der Waals surface area contributed by atoms with Crippen molar-refractivity contribution in [2.45, 2.75) is 26.9 Å². The Bertz CT molecular complexity index is 1440. The highest BCUT2D eigenvalue weighted by Gasteiger charge is 2.20. The molecule has 2 heterocycles. The van der Waals surface area contributed by atoms with Crippen LogP contribution < -0.4 is 10.1 Å². The predicted octanol–water partition coefficient (Wildman–Crippen LogP) is 6.63. The SMILES string of the molecule is Cc1ccc(-c2c(C)cn(Cc3ccccc3)c2OC(=O)NCc2ccc(-c3csnn3)cc2)cc1. The lowest BCUT2D eigenvalue weighted by Gasteiger charge is -2.13. The Morgan fingerprint density at radius 1 is 0.917 bits per heavy atom. The van der Waals surface area contributed by atoms with E-state index in [0.29, 0.717) is 19.0 Å². The van der Waals surface area contributed by atoms with Crippen molar-refractivity contribution in [1.29, 1.82) is 0 Å². The second-order valence-corrected chi connectivity index (χ2v) is 9.31. The van der Waals surface area contributed by atoms with Crippen LogP contribution in [0.1, 0.15) is 22.3 Å². The molecular formula is C29H26N4O2S. The summed E-state index contributed by atoms with van der Waals surface area (Å²) < 4.78 is 11.9. The number of hydrogen-bond donors (Lipinski definition) is 1. The number of carbonyl (C=O) groups excluding carboxylic acids is 1. The number of amides is 1. The number of ether oxygens (including phenoxy) is 1. The van der Waals surface area contributed by atoms with Gasteiger partial charge in [0.05, 0.1) is 6.54 Å². The van der Waals surface area contributed by atoms with Crippen LogP contribution >= 0.6 is 11.5 Å². The maximum atomic E-state index is 12.9. The highest BCUT2D eigenvalue weighted by molar-refractivity contribution is 7.03. The van der Waals surface area contributed by atoms with Crippen molar-refractivity contribution in [3.8, 4) is 28.3 Å². The van der Waals surface area contributed by atoms with Crippen molar-refractivity contribution >= 4 is 17.6 Å². The van der Waals surface area contributed by atoms with Gasteiger partial charge in [-0.05, 0) is 47.6 Å². The predicted molar refractivity (Wildman–Crippen MR) is 143 cm³/mol. The summed E-state index contributed by atoms with van der Waals surface area (Å²) in [6.45, 7) is 5.05. The van der Waals surface area contributed by atoms with Crippen molar-refractivity contribution in [2.24, 2.45) is 0 Å². The number of benzene rings is 3. The molecule has 0 saturated heterocycles. The molecule has 0 bridgehead atoms. The monoisotopic (exact) mass is 494 g/mol. The van der Waals surface area contributed by atoms with Crippen LogP contribution in [-0.2, 0) is 13.1 Å².